The van der Waals surface area contributed by atoms with Crippen molar-refractivity contribution < 1.29 is 10.2 Å². The topological polar surface area (TPSA) is 40.5 Å². The molecule has 0 bridgehead atoms. The lowest BCUT2D eigenvalue weighted by Crippen LogP contribution is -2.07. The molecule has 2 nitrogen and oxygen atoms in total. The smallest absolute Gasteiger partial charge is 0.151 e. The van der Waals surface area contributed by atoms with Crippen LogP contribution in [0.5, 0.6) is 0 Å². The predicted molar refractivity (Wildman–Crippen MR) is 43.8 cm³/mol. The molecule has 1 aliphatic rings. The van der Waals surface area contributed by atoms with Crippen molar-refractivity contribution in [2.75, 3.05) is 0 Å². The van der Waals surface area contributed by atoms with Crippen molar-refractivity contribution in [3.63, 3.8) is 0 Å². The van der Waals surface area contributed by atoms with E-state index in [4.69, 9.17) is 10.2 Å². The van der Waals surface area contributed by atoms with Gasteiger partial charge in [-0.05, 0) is 25.2 Å². The van der Waals surface area contributed by atoms with E-state index in [2.05, 4.69) is 12.2 Å². The molecular formula is C9H14O2. The Hall–Kier alpha value is -0.600. The van der Waals surface area contributed by atoms with Crippen LogP contribution in [-0.2, 0) is 0 Å². The minimum Gasteiger partial charge on any atom is -0.368 e. The van der Waals surface area contributed by atoms with Crippen LogP contribution in [0.3, 0.4) is 0 Å². The fraction of sp³-hybridized carbons (Fsp3) is 0.556. The Kier molecular flexibility index (Phi) is 3.33. The normalized spacial score (nSPS) is 23.0. The third kappa shape index (κ3) is 3.35. The number of hydrogen-bond acceptors (Lipinski definition) is 2. The zero-order valence-electron chi connectivity index (χ0n) is 6.48. The van der Waals surface area contributed by atoms with Gasteiger partial charge in [-0.25, -0.2) is 0 Å². The summed E-state index contributed by atoms with van der Waals surface area (Å²) in [5.74, 6) is 0.502. The maximum absolute atomic E-state index is 8.60. The van der Waals surface area contributed by atoms with Crippen molar-refractivity contribution in [3.8, 4) is 0 Å². The second-order valence-corrected chi connectivity index (χ2v) is 2.87. The van der Waals surface area contributed by atoms with E-state index < -0.39 is 6.29 Å². The quantitative estimate of drug-likeness (QED) is 0.600. The SMILES string of the molecule is OC(O)CCC1C=CC=CC1. The van der Waals surface area contributed by atoms with Crippen molar-refractivity contribution >= 4 is 0 Å². The molecule has 2 N–H and O–H groups in total. The van der Waals surface area contributed by atoms with Crippen LogP contribution in [-0.4, -0.2) is 16.5 Å². The van der Waals surface area contributed by atoms with Crippen molar-refractivity contribution in [2.45, 2.75) is 25.6 Å². The number of hydrogen-bond donors (Lipinski definition) is 2. The van der Waals surface area contributed by atoms with Gasteiger partial charge in [0.25, 0.3) is 0 Å². The molecule has 0 heterocycles. The summed E-state index contributed by atoms with van der Waals surface area (Å²) in [7, 11) is 0. The summed E-state index contributed by atoms with van der Waals surface area (Å²) < 4.78 is 0. The molecule has 1 aliphatic carbocycles. The first-order valence-corrected chi connectivity index (χ1v) is 3.98. The van der Waals surface area contributed by atoms with Gasteiger partial charge < -0.3 is 10.2 Å². The maximum Gasteiger partial charge on any atom is 0.151 e. The molecule has 1 rings (SSSR count). The lowest BCUT2D eigenvalue weighted by atomic mass is 9.96. The van der Waals surface area contributed by atoms with Crippen LogP contribution in [0.1, 0.15) is 19.3 Å². The minimum absolute atomic E-state index is 0.475. The van der Waals surface area contributed by atoms with Crippen molar-refractivity contribution in [1.29, 1.82) is 0 Å². The number of aliphatic hydroxyl groups is 2. The molecule has 2 heteroatoms. The standard InChI is InChI=1S/C9H14O2/c10-9(11)7-6-8-4-2-1-3-5-8/h1-4,8-11H,5-7H2. The van der Waals surface area contributed by atoms with Gasteiger partial charge in [-0.1, -0.05) is 24.3 Å². The van der Waals surface area contributed by atoms with Crippen LogP contribution in [0.4, 0.5) is 0 Å². The second-order valence-electron chi connectivity index (χ2n) is 2.87. The molecule has 62 valence electrons. The fourth-order valence-electron chi connectivity index (χ4n) is 1.21. The van der Waals surface area contributed by atoms with Crippen LogP contribution in [0, 0.1) is 5.92 Å². The van der Waals surface area contributed by atoms with E-state index in [0.717, 1.165) is 12.8 Å². The molecule has 0 aromatic carbocycles. The van der Waals surface area contributed by atoms with Crippen molar-refractivity contribution in [1.82, 2.24) is 0 Å². The number of rotatable bonds is 3. The van der Waals surface area contributed by atoms with Gasteiger partial charge in [0.05, 0.1) is 0 Å². The Morgan fingerprint density at radius 3 is 2.73 bits per heavy atom. The molecule has 0 amide bonds. The molecule has 0 aromatic heterocycles. The monoisotopic (exact) mass is 154 g/mol. The third-order valence-corrected chi connectivity index (χ3v) is 1.86. The fourth-order valence-corrected chi connectivity index (χ4v) is 1.21. The summed E-state index contributed by atoms with van der Waals surface area (Å²) in [5.41, 5.74) is 0. The number of allylic oxidation sites excluding steroid dienone is 4. The maximum atomic E-state index is 8.60. The van der Waals surface area contributed by atoms with E-state index in [1.165, 1.54) is 0 Å². The van der Waals surface area contributed by atoms with Gasteiger partial charge in [0.1, 0.15) is 0 Å². The molecule has 0 aliphatic heterocycles. The Morgan fingerprint density at radius 1 is 1.36 bits per heavy atom. The second kappa shape index (κ2) is 4.31. The lowest BCUT2D eigenvalue weighted by Gasteiger charge is -2.12. The number of aliphatic hydroxyl groups excluding tert-OH is 1. The Labute approximate surface area is 66.9 Å². The van der Waals surface area contributed by atoms with Gasteiger partial charge >= 0.3 is 0 Å². The van der Waals surface area contributed by atoms with Gasteiger partial charge in [-0.2, -0.15) is 0 Å². The first kappa shape index (κ1) is 8.50. The molecular weight excluding hydrogens is 140 g/mol. The molecule has 0 spiro atoms. The Bertz CT molecular complexity index is 159. The van der Waals surface area contributed by atoms with Crippen LogP contribution in [0.2, 0.25) is 0 Å². The van der Waals surface area contributed by atoms with Gasteiger partial charge in [0.15, 0.2) is 6.29 Å². The molecule has 0 fully saturated rings. The van der Waals surface area contributed by atoms with Crippen LogP contribution in [0.25, 0.3) is 0 Å². The minimum atomic E-state index is -1.14. The van der Waals surface area contributed by atoms with Crippen molar-refractivity contribution in [2.24, 2.45) is 5.92 Å². The van der Waals surface area contributed by atoms with Crippen molar-refractivity contribution in [3.05, 3.63) is 24.3 Å². The van der Waals surface area contributed by atoms with Gasteiger partial charge in [-0.3, -0.25) is 0 Å². The summed E-state index contributed by atoms with van der Waals surface area (Å²) in [6.07, 6.45) is 9.47. The molecule has 0 saturated carbocycles. The zero-order valence-corrected chi connectivity index (χ0v) is 6.48. The molecule has 1 atom stereocenters. The first-order chi connectivity index (χ1) is 5.29. The van der Waals surface area contributed by atoms with Crippen LogP contribution < -0.4 is 0 Å². The van der Waals surface area contributed by atoms with Gasteiger partial charge in [-0.15, -0.1) is 0 Å². The van der Waals surface area contributed by atoms with E-state index in [0.29, 0.717) is 12.3 Å². The average molecular weight is 154 g/mol. The summed E-state index contributed by atoms with van der Waals surface area (Å²) >= 11 is 0. The summed E-state index contributed by atoms with van der Waals surface area (Å²) in [5, 5.41) is 17.2. The highest BCUT2D eigenvalue weighted by Crippen LogP contribution is 2.17. The summed E-state index contributed by atoms with van der Waals surface area (Å²) in [4.78, 5) is 0. The Balaban J connectivity index is 2.17. The van der Waals surface area contributed by atoms with Gasteiger partial charge in [0.2, 0.25) is 0 Å². The molecule has 0 aromatic rings. The molecule has 1 unspecified atom stereocenters. The highest BCUT2D eigenvalue weighted by atomic mass is 16.5. The van der Waals surface area contributed by atoms with Crippen LogP contribution >= 0.6 is 0 Å². The highest BCUT2D eigenvalue weighted by Gasteiger charge is 2.06. The third-order valence-electron chi connectivity index (χ3n) is 1.86. The molecule has 11 heavy (non-hydrogen) atoms. The Morgan fingerprint density at radius 2 is 2.18 bits per heavy atom. The zero-order chi connectivity index (χ0) is 8.10. The van der Waals surface area contributed by atoms with E-state index >= 15 is 0 Å². The summed E-state index contributed by atoms with van der Waals surface area (Å²) in [6, 6.07) is 0. The summed E-state index contributed by atoms with van der Waals surface area (Å²) in [6.45, 7) is 0. The van der Waals surface area contributed by atoms with E-state index in [9.17, 15) is 0 Å². The van der Waals surface area contributed by atoms with Crippen LogP contribution in [0.15, 0.2) is 24.3 Å². The first-order valence-electron chi connectivity index (χ1n) is 3.98. The largest absolute Gasteiger partial charge is 0.368 e. The molecule has 0 saturated heterocycles. The van der Waals surface area contributed by atoms with E-state index in [1.54, 1.807) is 0 Å². The van der Waals surface area contributed by atoms with E-state index in [-0.39, 0.29) is 0 Å². The predicted octanol–water partition coefficient (Wildman–Crippen LogP) is 1.21. The lowest BCUT2D eigenvalue weighted by molar-refractivity contribution is -0.0479. The average Bonchev–Trinajstić information content (AvgIpc) is 2.03. The highest BCUT2D eigenvalue weighted by molar-refractivity contribution is 5.10. The van der Waals surface area contributed by atoms with Gasteiger partial charge in [0, 0.05) is 0 Å². The van der Waals surface area contributed by atoms with E-state index in [1.807, 2.05) is 12.2 Å². The molecule has 0 radical (unpaired) electrons.